The summed E-state index contributed by atoms with van der Waals surface area (Å²) in [5, 5.41) is 0. The predicted molar refractivity (Wildman–Crippen MR) is 63.2 cm³/mol. The van der Waals surface area contributed by atoms with Crippen LogP contribution in [0.25, 0.3) is 0 Å². The SMILES string of the molecule is CC1=CC=CC1=C1[Se]C(C)=C(C)C1C. The van der Waals surface area contributed by atoms with Gasteiger partial charge in [-0.05, 0) is 0 Å². The van der Waals surface area contributed by atoms with Gasteiger partial charge in [0.2, 0.25) is 0 Å². The molecule has 0 radical (unpaired) electrons. The molecule has 2 rings (SSSR count). The summed E-state index contributed by atoms with van der Waals surface area (Å²) in [5.41, 5.74) is 4.55. The van der Waals surface area contributed by atoms with E-state index in [0.29, 0.717) is 20.9 Å². The average molecular weight is 251 g/mol. The van der Waals surface area contributed by atoms with Crippen LogP contribution in [0.1, 0.15) is 27.7 Å². The molecule has 0 aromatic heterocycles. The second-order valence-corrected chi connectivity index (χ2v) is 6.69. The van der Waals surface area contributed by atoms with Gasteiger partial charge in [-0.3, -0.25) is 0 Å². The van der Waals surface area contributed by atoms with E-state index in [1.165, 1.54) is 11.1 Å². The molecule has 0 aromatic carbocycles. The van der Waals surface area contributed by atoms with Crippen molar-refractivity contribution in [2.75, 3.05) is 0 Å². The first kappa shape index (κ1) is 10.0. The molecular formula is C13H16Se. The van der Waals surface area contributed by atoms with Crippen LogP contribution in [-0.4, -0.2) is 15.0 Å². The van der Waals surface area contributed by atoms with Gasteiger partial charge in [0.15, 0.2) is 0 Å². The van der Waals surface area contributed by atoms with Gasteiger partial charge < -0.3 is 0 Å². The van der Waals surface area contributed by atoms with Gasteiger partial charge >= 0.3 is 92.5 Å². The van der Waals surface area contributed by atoms with E-state index >= 15 is 0 Å². The van der Waals surface area contributed by atoms with Gasteiger partial charge in [0.25, 0.3) is 0 Å². The van der Waals surface area contributed by atoms with Crippen LogP contribution in [0, 0.1) is 5.92 Å². The summed E-state index contributed by atoms with van der Waals surface area (Å²) in [6.45, 7) is 9.13. The maximum absolute atomic E-state index is 2.34. The summed E-state index contributed by atoms with van der Waals surface area (Å²) < 4.78 is 3.30. The van der Waals surface area contributed by atoms with Crippen molar-refractivity contribution in [3.8, 4) is 0 Å². The van der Waals surface area contributed by atoms with Crippen LogP contribution >= 0.6 is 0 Å². The van der Waals surface area contributed by atoms with Gasteiger partial charge in [-0.1, -0.05) is 0 Å². The molecule has 1 heteroatoms. The summed E-state index contributed by atoms with van der Waals surface area (Å²) in [5.74, 6) is 0.677. The number of allylic oxidation sites excluding steroid dienone is 8. The molecule has 0 saturated heterocycles. The molecule has 1 unspecified atom stereocenters. The van der Waals surface area contributed by atoms with E-state index in [1.54, 1.807) is 14.5 Å². The van der Waals surface area contributed by atoms with Crippen LogP contribution in [0.4, 0.5) is 0 Å². The van der Waals surface area contributed by atoms with Crippen LogP contribution in [0.2, 0.25) is 0 Å². The molecule has 74 valence electrons. The molecule has 0 bridgehead atoms. The van der Waals surface area contributed by atoms with Gasteiger partial charge in [-0.2, -0.15) is 0 Å². The number of rotatable bonds is 0. The third-order valence-corrected chi connectivity index (χ3v) is 6.14. The monoisotopic (exact) mass is 252 g/mol. The third kappa shape index (κ3) is 1.45. The standard InChI is InChI=1S/C13H16Se/c1-8-6-5-7-12(8)13-10(3)9(2)11(4)14-13/h5-7,10H,1-4H3. The van der Waals surface area contributed by atoms with Gasteiger partial charge in [0, 0.05) is 0 Å². The van der Waals surface area contributed by atoms with Crippen molar-refractivity contribution in [1.82, 2.24) is 0 Å². The molecule has 1 aliphatic heterocycles. The summed E-state index contributed by atoms with van der Waals surface area (Å²) in [4.78, 5) is 0. The van der Waals surface area contributed by atoms with Crippen LogP contribution in [0.15, 0.2) is 43.9 Å². The first-order valence-electron chi connectivity index (χ1n) is 5.06. The van der Waals surface area contributed by atoms with Crippen molar-refractivity contribution in [2.24, 2.45) is 5.92 Å². The van der Waals surface area contributed by atoms with E-state index in [4.69, 9.17) is 0 Å². The molecule has 2 aliphatic rings. The zero-order valence-electron chi connectivity index (χ0n) is 9.22. The topological polar surface area (TPSA) is 0 Å². The Labute approximate surface area is 92.6 Å². The van der Waals surface area contributed by atoms with E-state index in [0.717, 1.165) is 0 Å². The fraction of sp³-hybridized carbons (Fsp3) is 0.385. The Balaban J connectivity index is 2.41. The van der Waals surface area contributed by atoms with Crippen LogP contribution in [-0.2, 0) is 0 Å². The Hall–Kier alpha value is -0.521. The molecule has 0 spiro atoms. The molecule has 0 saturated carbocycles. The molecule has 14 heavy (non-hydrogen) atoms. The van der Waals surface area contributed by atoms with E-state index < -0.39 is 0 Å². The van der Waals surface area contributed by atoms with Crippen molar-refractivity contribution in [3.63, 3.8) is 0 Å². The first-order chi connectivity index (χ1) is 6.61. The zero-order chi connectivity index (χ0) is 10.3. The van der Waals surface area contributed by atoms with E-state index in [1.807, 2.05) is 0 Å². The van der Waals surface area contributed by atoms with Crippen molar-refractivity contribution >= 4 is 15.0 Å². The quantitative estimate of drug-likeness (QED) is 0.579. The van der Waals surface area contributed by atoms with Crippen LogP contribution < -0.4 is 0 Å². The number of hydrogen-bond donors (Lipinski definition) is 0. The Kier molecular flexibility index (Phi) is 2.55. The second-order valence-electron chi connectivity index (χ2n) is 4.05. The predicted octanol–water partition coefficient (Wildman–Crippen LogP) is 3.40. The van der Waals surface area contributed by atoms with E-state index in [2.05, 4.69) is 45.9 Å². The average Bonchev–Trinajstić information content (AvgIpc) is 2.66. The molecule has 1 atom stereocenters. The molecule has 0 fully saturated rings. The molecule has 0 aromatic rings. The van der Waals surface area contributed by atoms with Gasteiger partial charge in [0.1, 0.15) is 0 Å². The number of hydrogen-bond acceptors (Lipinski definition) is 0. The Bertz CT molecular complexity index is 391. The maximum atomic E-state index is 2.34. The van der Waals surface area contributed by atoms with Crippen LogP contribution in [0.5, 0.6) is 0 Å². The Morgan fingerprint density at radius 2 is 1.93 bits per heavy atom. The first-order valence-corrected chi connectivity index (χ1v) is 6.77. The zero-order valence-corrected chi connectivity index (χ0v) is 10.9. The fourth-order valence-electron chi connectivity index (χ4n) is 1.91. The summed E-state index contributed by atoms with van der Waals surface area (Å²) in [6.07, 6.45) is 6.66. The third-order valence-electron chi connectivity index (χ3n) is 3.16. The summed E-state index contributed by atoms with van der Waals surface area (Å²) in [7, 11) is 0. The molecule has 0 nitrogen and oxygen atoms in total. The van der Waals surface area contributed by atoms with Crippen molar-refractivity contribution in [2.45, 2.75) is 27.7 Å². The summed E-state index contributed by atoms with van der Waals surface area (Å²) in [6, 6.07) is 0. The second kappa shape index (κ2) is 3.56. The molecule has 0 N–H and O–H groups in total. The van der Waals surface area contributed by atoms with E-state index in [9.17, 15) is 0 Å². The van der Waals surface area contributed by atoms with Crippen LogP contribution in [0.3, 0.4) is 0 Å². The molecular weight excluding hydrogens is 235 g/mol. The fourth-order valence-corrected chi connectivity index (χ4v) is 4.76. The van der Waals surface area contributed by atoms with Gasteiger partial charge in [-0.15, -0.1) is 0 Å². The van der Waals surface area contributed by atoms with Crippen molar-refractivity contribution in [3.05, 3.63) is 43.9 Å². The van der Waals surface area contributed by atoms with Gasteiger partial charge in [-0.25, -0.2) is 0 Å². The van der Waals surface area contributed by atoms with E-state index in [-0.39, 0.29) is 0 Å². The summed E-state index contributed by atoms with van der Waals surface area (Å²) >= 11 is 0.600. The normalized spacial score (nSPS) is 31.7. The van der Waals surface area contributed by atoms with Crippen molar-refractivity contribution < 1.29 is 0 Å². The minimum atomic E-state index is 0.600. The minimum absolute atomic E-state index is 0.600. The van der Waals surface area contributed by atoms with Gasteiger partial charge in [0.05, 0.1) is 0 Å². The Morgan fingerprint density at radius 1 is 1.21 bits per heavy atom. The molecule has 1 heterocycles. The molecule has 1 aliphatic carbocycles. The molecule has 0 amide bonds. The Morgan fingerprint density at radius 3 is 2.36 bits per heavy atom. The van der Waals surface area contributed by atoms with Crippen molar-refractivity contribution in [1.29, 1.82) is 0 Å².